The molecule has 142 valence electrons. The highest BCUT2D eigenvalue weighted by Gasteiger charge is 2.16. The van der Waals surface area contributed by atoms with Crippen LogP contribution in [-0.4, -0.2) is 49.2 Å². The number of aromatic hydroxyl groups is 1. The molecule has 0 atom stereocenters. The number of nitrogens with one attached hydrogen (secondary N) is 2. The van der Waals surface area contributed by atoms with Gasteiger partial charge in [0.15, 0.2) is 22.7 Å². The summed E-state index contributed by atoms with van der Waals surface area (Å²) in [5.74, 6) is 0.380. The third kappa shape index (κ3) is 3.27. The van der Waals surface area contributed by atoms with Gasteiger partial charge in [-0.15, -0.1) is 0 Å². The molecule has 0 unspecified atom stereocenters. The number of hydrogen-bond donors (Lipinski definition) is 4. The molecule has 11 nitrogen and oxygen atoms in total. The van der Waals surface area contributed by atoms with E-state index < -0.39 is 11.2 Å². The normalized spacial score (nSPS) is 11.4. The third-order valence-electron chi connectivity index (χ3n) is 3.95. The number of hydrazone groups is 1. The third-order valence-corrected chi connectivity index (χ3v) is 3.95. The number of aromatic nitrogens is 4. The molecule has 0 saturated heterocycles. The maximum absolute atomic E-state index is 12.1. The molecule has 0 aliphatic carbocycles. The van der Waals surface area contributed by atoms with Crippen molar-refractivity contribution >= 4 is 23.3 Å². The Bertz CT molecular complexity index is 1130. The zero-order valence-electron chi connectivity index (χ0n) is 14.6. The standard InChI is InChI=1S/C16H18N6O5/c1-21-13-11(14(25)19-16(21)26)22(6-7-23)15(18-13)20-17-8-9-4-3-5-10(27-2)12(9)24/h3-5,8,23-24H,6-7H2,1-2H3,(H,18,20)(H,19,25,26). The lowest BCUT2D eigenvalue weighted by Gasteiger charge is -2.06. The zero-order chi connectivity index (χ0) is 19.6. The molecule has 0 aliphatic rings. The molecule has 0 fully saturated rings. The van der Waals surface area contributed by atoms with Crippen molar-refractivity contribution in [2.45, 2.75) is 6.54 Å². The number of para-hydroxylation sites is 1. The van der Waals surface area contributed by atoms with Crippen LogP contribution in [0.5, 0.6) is 11.5 Å². The van der Waals surface area contributed by atoms with Crippen molar-refractivity contribution in [2.75, 3.05) is 19.1 Å². The summed E-state index contributed by atoms with van der Waals surface area (Å²) >= 11 is 0. The Hall–Kier alpha value is -3.60. The predicted octanol–water partition coefficient (Wildman–Crippen LogP) is -0.424. The summed E-state index contributed by atoms with van der Waals surface area (Å²) in [6.45, 7) is -0.178. The van der Waals surface area contributed by atoms with Crippen LogP contribution in [0.25, 0.3) is 11.2 Å². The van der Waals surface area contributed by atoms with Crippen LogP contribution in [0.15, 0.2) is 32.9 Å². The van der Waals surface area contributed by atoms with Gasteiger partial charge < -0.3 is 19.5 Å². The Labute approximate surface area is 152 Å². The minimum Gasteiger partial charge on any atom is -0.504 e. The van der Waals surface area contributed by atoms with Crippen LogP contribution >= 0.6 is 0 Å². The van der Waals surface area contributed by atoms with Gasteiger partial charge in [-0.1, -0.05) is 6.07 Å². The number of aromatic amines is 1. The Morgan fingerprint density at radius 1 is 1.41 bits per heavy atom. The van der Waals surface area contributed by atoms with E-state index in [2.05, 4.69) is 20.5 Å². The fourth-order valence-electron chi connectivity index (χ4n) is 2.61. The highest BCUT2D eigenvalue weighted by Crippen LogP contribution is 2.28. The number of imidazole rings is 1. The second-order valence-corrected chi connectivity index (χ2v) is 5.57. The van der Waals surface area contributed by atoms with E-state index in [9.17, 15) is 19.8 Å². The molecule has 27 heavy (non-hydrogen) atoms. The first-order valence-electron chi connectivity index (χ1n) is 7.93. The van der Waals surface area contributed by atoms with E-state index in [4.69, 9.17) is 4.74 Å². The lowest BCUT2D eigenvalue weighted by molar-refractivity contribution is 0.278. The van der Waals surface area contributed by atoms with E-state index in [1.54, 1.807) is 18.2 Å². The number of methoxy groups -OCH3 is 1. The number of ether oxygens (including phenoxy) is 1. The van der Waals surface area contributed by atoms with Crippen LogP contribution in [0.4, 0.5) is 5.95 Å². The predicted molar refractivity (Wildman–Crippen MR) is 98.6 cm³/mol. The number of fused-ring (bicyclic) bond motifs is 1. The summed E-state index contributed by atoms with van der Waals surface area (Å²) in [6.07, 6.45) is 1.35. The van der Waals surface area contributed by atoms with Crippen LogP contribution in [0.1, 0.15) is 5.56 Å². The average Bonchev–Trinajstić information content (AvgIpc) is 3.01. The maximum Gasteiger partial charge on any atom is 0.329 e. The number of hydrogen-bond acceptors (Lipinski definition) is 8. The van der Waals surface area contributed by atoms with Crippen molar-refractivity contribution in [2.24, 2.45) is 12.1 Å². The molecular formula is C16H18N6O5. The molecule has 4 N–H and O–H groups in total. The summed E-state index contributed by atoms with van der Waals surface area (Å²) < 4.78 is 7.63. The van der Waals surface area contributed by atoms with Gasteiger partial charge in [0.05, 0.1) is 19.9 Å². The van der Waals surface area contributed by atoms with Crippen LogP contribution in [0.3, 0.4) is 0 Å². The second kappa shape index (κ2) is 7.33. The van der Waals surface area contributed by atoms with Crippen molar-refractivity contribution in [1.29, 1.82) is 0 Å². The van der Waals surface area contributed by atoms with Gasteiger partial charge in [-0.3, -0.25) is 14.3 Å². The number of aliphatic hydroxyl groups is 1. The number of benzene rings is 1. The highest BCUT2D eigenvalue weighted by molar-refractivity contribution is 5.85. The number of H-pyrrole nitrogens is 1. The van der Waals surface area contributed by atoms with Crippen LogP contribution in [-0.2, 0) is 13.6 Å². The number of rotatable bonds is 6. The number of phenolic OH excluding ortho intramolecular Hbond substituents is 1. The molecule has 2 aromatic heterocycles. The highest BCUT2D eigenvalue weighted by atomic mass is 16.5. The largest absolute Gasteiger partial charge is 0.504 e. The lowest BCUT2D eigenvalue weighted by atomic mass is 10.2. The summed E-state index contributed by atoms with van der Waals surface area (Å²) in [5, 5.41) is 23.4. The Balaban J connectivity index is 2.01. The molecule has 0 aliphatic heterocycles. The molecule has 0 radical (unpaired) electrons. The van der Waals surface area contributed by atoms with E-state index in [1.807, 2.05) is 0 Å². The second-order valence-electron chi connectivity index (χ2n) is 5.57. The summed E-state index contributed by atoms with van der Waals surface area (Å²) in [7, 11) is 2.91. The monoisotopic (exact) mass is 374 g/mol. The van der Waals surface area contributed by atoms with Gasteiger partial charge in [0.2, 0.25) is 5.95 Å². The minimum absolute atomic E-state index is 0.0695. The Morgan fingerprint density at radius 3 is 2.89 bits per heavy atom. The SMILES string of the molecule is COc1cccc(C=NNc2nc3c(c(=O)[nH]c(=O)n3C)n2CCO)c1O. The Morgan fingerprint density at radius 2 is 2.19 bits per heavy atom. The van der Waals surface area contributed by atoms with E-state index in [-0.39, 0.29) is 36.0 Å². The van der Waals surface area contributed by atoms with Crippen molar-refractivity contribution in [3.05, 3.63) is 44.6 Å². The molecule has 0 spiro atoms. The van der Waals surface area contributed by atoms with Crippen LogP contribution in [0, 0.1) is 0 Å². The molecule has 0 bridgehead atoms. The summed E-state index contributed by atoms with van der Waals surface area (Å²) in [6, 6.07) is 4.93. The first kappa shape index (κ1) is 18.2. The molecule has 0 saturated carbocycles. The first-order valence-corrected chi connectivity index (χ1v) is 7.93. The fraction of sp³-hybridized carbons (Fsp3) is 0.250. The summed E-state index contributed by atoms with van der Waals surface area (Å²) in [4.78, 5) is 30.3. The molecular weight excluding hydrogens is 356 g/mol. The van der Waals surface area contributed by atoms with Gasteiger partial charge in [-0.2, -0.15) is 10.1 Å². The minimum atomic E-state index is -0.614. The topological polar surface area (TPSA) is 147 Å². The molecule has 2 heterocycles. The van der Waals surface area contributed by atoms with Gasteiger partial charge in [-0.05, 0) is 12.1 Å². The van der Waals surface area contributed by atoms with Gasteiger partial charge >= 0.3 is 5.69 Å². The Kier molecular flexibility index (Phi) is 4.94. The molecule has 0 amide bonds. The van der Waals surface area contributed by atoms with Gasteiger partial charge in [0, 0.05) is 19.2 Å². The number of aliphatic hydroxyl groups excluding tert-OH is 1. The van der Waals surface area contributed by atoms with Crippen LogP contribution < -0.4 is 21.4 Å². The fourth-order valence-corrected chi connectivity index (χ4v) is 2.61. The van der Waals surface area contributed by atoms with Gasteiger partial charge in [-0.25, -0.2) is 10.2 Å². The number of phenols is 1. The van der Waals surface area contributed by atoms with Crippen molar-refractivity contribution in [3.8, 4) is 11.5 Å². The first-order chi connectivity index (χ1) is 13.0. The van der Waals surface area contributed by atoms with E-state index in [1.165, 1.54) is 29.5 Å². The molecule has 1 aromatic carbocycles. The van der Waals surface area contributed by atoms with E-state index >= 15 is 0 Å². The van der Waals surface area contributed by atoms with Crippen molar-refractivity contribution in [1.82, 2.24) is 19.1 Å². The maximum atomic E-state index is 12.1. The average molecular weight is 374 g/mol. The van der Waals surface area contributed by atoms with Gasteiger partial charge in [0.25, 0.3) is 5.56 Å². The smallest absolute Gasteiger partial charge is 0.329 e. The number of aryl methyl sites for hydroxylation is 1. The molecule has 3 aromatic rings. The van der Waals surface area contributed by atoms with Gasteiger partial charge in [0.1, 0.15) is 0 Å². The summed E-state index contributed by atoms with van der Waals surface area (Å²) in [5.41, 5.74) is 2.14. The lowest BCUT2D eigenvalue weighted by Crippen LogP contribution is -2.29. The van der Waals surface area contributed by atoms with Crippen LogP contribution in [0.2, 0.25) is 0 Å². The van der Waals surface area contributed by atoms with Crippen molar-refractivity contribution in [3.63, 3.8) is 0 Å². The quantitative estimate of drug-likeness (QED) is 0.338. The number of anilines is 1. The number of nitrogens with zero attached hydrogens (tertiary/aromatic N) is 4. The van der Waals surface area contributed by atoms with E-state index in [0.29, 0.717) is 11.3 Å². The molecule has 3 rings (SSSR count). The van der Waals surface area contributed by atoms with Crippen molar-refractivity contribution < 1.29 is 14.9 Å². The molecule has 11 heteroatoms. The van der Waals surface area contributed by atoms with E-state index in [0.717, 1.165) is 0 Å². The zero-order valence-corrected chi connectivity index (χ0v) is 14.6.